The summed E-state index contributed by atoms with van der Waals surface area (Å²) in [6, 6.07) is 8.56. The molecule has 1 aliphatic carbocycles. The van der Waals surface area contributed by atoms with Crippen molar-refractivity contribution in [1.29, 1.82) is 0 Å². The van der Waals surface area contributed by atoms with Crippen molar-refractivity contribution in [1.82, 2.24) is 15.5 Å². The lowest BCUT2D eigenvalue weighted by Crippen LogP contribution is -2.12. The number of hydrogen-bond acceptors (Lipinski definition) is 4. The number of rotatable bonds is 4. The second kappa shape index (κ2) is 4.90. The highest BCUT2D eigenvalue weighted by Crippen LogP contribution is 2.32. The summed E-state index contributed by atoms with van der Waals surface area (Å²) in [5.74, 6) is 1.91. The van der Waals surface area contributed by atoms with Gasteiger partial charge in [0, 0.05) is 5.92 Å². The zero-order chi connectivity index (χ0) is 12.4. The van der Waals surface area contributed by atoms with Gasteiger partial charge in [0.2, 0.25) is 5.89 Å². The van der Waals surface area contributed by atoms with Gasteiger partial charge in [-0.25, -0.2) is 0 Å². The van der Waals surface area contributed by atoms with Crippen LogP contribution in [0.4, 0.5) is 0 Å². The van der Waals surface area contributed by atoms with Crippen LogP contribution in [0.3, 0.4) is 0 Å². The first-order chi connectivity index (χ1) is 8.86. The predicted molar refractivity (Wildman–Crippen MR) is 68.3 cm³/mol. The van der Waals surface area contributed by atoms with Gasteiger partial charge in [0.1, 0.15) is 0 Å². The molecule has 4 nitrogen and oxygen atoms in total. The third-order valence-corrected chi connectivity index (χ3v) is 3.43. The minimum Gasteiger partial charge on any atom is -0.338 e. The highest BCUT2D eigenvalue weighted by Gasteiger charge is 2.26. The third kappa shape index (κ3) is 2.16. The fourth-order valence-corrected chi connectivity index (χ4v) is 2.48. The van der Waals surface area contributed by atoms with Gasteiger partial charge in [-0.05, 0) is 30.5 Å². The zero-order valence-corrected chi connectivity index (χ0v) is 10.5. The Bertz CT molecular complexity index is 510. The molecule has 1 aliphatic rings. The maximum Gasteiger partial charge on any atom is 0.240 e. The Morgan fingerprint density at radius 1 is 1.28 bits per heavy atom. The number of nitrogens with one attached hydrogen (secondary N) is 1. The second-order valence-corrected chi connectivity index (χ2v) is 4.70. The van der Waals surface area contributed by atoms with E-state index in [1.54, 1.807) is 0 Å². The highest BCUT2D eigenvalue weighted by atomic mass is 16.5. The van der Waals surface area contributed by atoms with Gasteiger partial charge in [0.25, 0.3) is 0 Å². The number of fused-ring (bicyclic) bond motifs is 1. The van der Waals surface area contributed by atoms with Gasteiger partial charge in [-0.3, -0.25) is 0 Å². The predicted octanol–water partition coefficient (Wildman–Crippen LogP) is 2.06. The molecule has 0 spiro atoms. The fourth-order valence-electron chi connectivity index (χ4n) is 2.48. The van der Waals surface area contributed by atoms with Crippen LogP contribution in [0.2, 0.25) is 0 Å². The van der Waals surface area contributed by atoms with Gasteiger partial charge in [-0.1, -0.05) is 36.3 Å². The van der Waals surface area contributed by atoms with Gasteiger partial charge in [0.15, 0.2) is 5.82 Å². The van der Waals surface area contributed by atoms with Crippen LogP contribution in [0.15, 0.2) is 28.8 Å². The summed E-state index contributed by atoms with van der Waals surface area (Å²) in [4.78, 5) is 4.47. The van der Waals surface area contributed by atoms with Crippen molar-refractivity contribution in [3.63, 3.8) is 0 Å². The Morgan fingerprint density at radius 2 is 2.00 bits per heavy atom. The molecule has 1 N–H and O–H groups in total. The number of benzene rings is 1. The van der Waals surface area contributed by atoms with Crippen LogP contribution >= 0.6 is 0 Å². The fraction of sp³-hybridized carbons (Fsp3) is 0.429. The van der Waals surface area contributed by atoms with E-state index in [2.05, 4.69) is 46.6 Å². The van der Waals surface area contributed by atoms with Gasteiger partial charge < -0.3 is 9.84 Å². The lowest BCUT2D eigenvalue weighted by atomic mass is 10.1. The molecule has 94 valence electrons. The molecular weight excluding hydrogens is 226 g/mol. The summed E-state index contributed by atoms with van der Waals surface area (Å²) < 4.78 is 5.25. The van der Waals surface area contributed by atoms with Gasteiger partial charge in [-0.2, -0.15) is 4.98 Å². The number of aromatic nitrogens is 2. The summed E-state index contributed by atoms with van der Waals surface area (Å²) in [6.07, 6.45) is 2.05. The lowest BCUT2D eigenvalue weighted by Gasteiger charge is -2.00. The topological polar surface area (TPSA) is 51.0 Å². The highest BCUT2D eigenvalue weighted by molar-refractivity contribution is 5.34. The Kier molecular flexibility index (Phi) is 3.11. The maximum atomic E-state index is 5.25. The van der Waals surface area contributed by atoms with E-state index >= 15 is 0 Å². The molecule has 0 amide bonds. The molecule has 0 saturated carbocycles. The molecule has 1 aromatic heterocycles. The van der Waals surface area contributed by atoms with Crippen molar-refractivity contribution < 1.29 is 4.52 Å². The minimum absolute atomic E-state index is 0.376. The Hall–Kier alpha value is -1.68. The van der Waals surface area contributed by atoms with E-state index in [0.29, 0.717) is 18.4 Å². The van der Waals surface area contributed by atoms with Gasteiger partial charge in [0.05, 0.1) is 6.54 Å². The number of hydrogen-bond donors (Lipinski definition) is 1. The summed E-state index contributed by atoms with van der Waals surface area (Å²) in [5.41, 5.74) is 2.83. The van der Waals surface area contributed by atoms with Crippen LogP contribution in [0.25, 0.3) is 0 Å². The van der Waals surface area contributed by atoms with E-state index in [1.807, 2.05) is 0 Å². The molecule has 0 unspecified atom stereocenters. The van der Waals surface area contributed by atoms with E-state index in [-0.39, 0.29) is 0 Å². The molecular formula is C14H17N3O. The van der Waals surface area contributed by atoms with E-state index in [9.17, 15) is 0 Å². The summed E-state index contributed by atoms with van der Waals surface area (Å²) in [6.45, 7) is 3.63. The van der Waals surface area contributed by atoms with Crippen molar-refractivity contribution >= 4 is 0 Å². The number of nitrogens with zero attached hydrogens (tertiary/aromatic N) is 2. The summed E-state index contributed by atoms with van der Waals surface area (Å²) in [5, 5.41) is 7.30. The molecule has 3 rings (SSSR count). The largest absolute Gasteiger partial charge is 0.338 e. The first kappa shape index (κ1) is 11.4. The van der Waals surface area contributed by atoms with E-state index in [4.69, 9.17) is 4.52 Å². The molecule has 2 aromatic rings. The Morgan fingerprint density at radius 3 is 2.67 bits per heavy atom. The van der Waals surface area contributed by atoms with E-state index in [0.717, 1.165) is 25.2 Å². The smallest absolute Gasteiger partial charge is 0.240 e. The minimum atomic E-state index is 0.376. The molecule has 1 aromatic carbocycles. The third-order valence-electron chi connectivity index (χ3n) is 3.43. The SMILES string of the molecule is CCNCc1nc(C2Cc3ccccc3C2)no1. The van der Waals surface area contributed by atoms with Crippen LogP contribution in [-0.2, 0) is 19.4 Å². The second-order valence-electron chi connectivity index (χ2n) is 4.70. The zero-order valence-electron chi connectivity index (χ0n) is 10.5. The van der Waals surface area contributed by atoms with Crippen molar-refractivity contribution in [2.24, 2.45) is 0 Å². The first-order valence-corrected chi connectivity index (χ1v) is 6.46. The van der Waals surface area contributed by atoms with E-state index in [1.165, 1.54) is 11.1 Å². The average molecular weight is 243 g/mol. The molecule has 0 aliphatic heterocycles. The summed E-state index contributed by atoms with van der Waals surface area (Å²) in [7, 11) is 0. The monoisotopic (exact) mass is 243 g/mol. The molecule has 0 atom stereocenters. The van der Waals surface area contributed by atoms with Crippen LogP contribution in [0, 0.1) is 0 Å². The molecule has 18 heavy (non-hydrogen) atoms. The van der Waals surface area contributed by atoms with Crippen LogP contribution in [0.5, 0.6) is 0 Å². The van der Waals surface area contributed by atoms with Crippen molar-refractivity contribution in [2.45, 2.75) is 32.2 Å². The quantitative estimate of drug-likeness (QED) is 0.893. The first-order valence-electron chi connectivity index (χ1n) is 6.46. The molecule has 0 fully saturated rings. The average Bonchev–Trinajstić information content (AvgIpc) is 3.02. The van der Waals surface area contributed by atoms with Gasteiger partial charge >= 0.3 is 0 Å². The Labute approximate surface area is 106 Å². The normalized spacial score (nSPS) is 14.9. The molecule has 4 heteroatoms. The van der Waals surface area contributed by atoms with Crippen LogP contribution < -0.4 is 5.32 Å². The van der Waals surface area contributed by atoms with Gasteiger partial charge in [-0.15, -0.1) is 0 Å². The summed E-state index contributed by atoms with van der Waals surface area (Å²) >= 11 is 0. The molecule has 0 bridgehead atoms. The molecule has 1 heterocycles. The standard InChI is InChI=1S/C14H17N3O/c1-2-15-9-13-16-14(17-18-13)12-7-10-5-3-4-6-11(10)8-12/h3-6,12,15H,2,7-9H2,1H3. The molecule has 0 saturated heterocycles. The van der Waals surface area contributed by atoms with Crippen LogP contribution in [0.1, 0.15) is 35.7 Å². The van der Waals surface area contributed by atoms with Crippen molar-refractivity contribution in [3.8, 4) is 0 Å². The van der Waals surface area contributed by atoms with E-state index < -0.39 is 0 Å². The van der Waals surface area contributed by atoms with Crippen molar-refractivity contribution in [2.75, 3.05) is 6.54 Å². The molecule has 0 radical (unpaired) electrons. The lowest BCUT2D eigenvalue weighted by molar-refractivity contribution is 0.361. The maximum absolute atomic E-state index is 5.25. The van der Waals surface area contributed by atoms with Crippen LogP contribution in [-0.4, -0.2) is 16.7 Å². The van der Waals surface area contributed by atoms with Crippen molar-refractivity contribution in [3.05, 3.63) is 47.1 Å². The Balaban J connectivity index is 1.72.